The van der Waals surface area contributed by atoms with E-state index in [1.54, 1.807) is 12.4 Å². The van der Waals surface area contributed by atoms with Crippen molar-refractivity contribution in [2.75, 3.05) is 26.4 Å². The fraction of sp³-hybridized carbons (Fsp3) is 0.133. The Hall–Kier alpha value is -4.58. The Bertz CT molecular complexity index is 1350. The molecule has 2 aromatic heterocycles. The number of benzene rings is 2. The van der Waals surface area contributed by atoms with Crippen LogP contribution in [0.15, 0.2) is 73.1 Å². The van der Waals surface area contributed by atoms with Crippen LogP contribution in [0.1, 0.15) is 22.3 Å². The third kappa shape index (κ3) is 4.93. The second-order valence-corrected chi connectivity index (χ2v) is 8.42. The predicted octanol–water partition coefficient (Wildman–Crippen LogP) is 6.03. The number of rotatable bonds is 5. The fourth-order valence-corrected chi connectivity index (χ4v) is 4.09. The molecule has 2 aliphatic rings. The second kappa shape index (κ2) is 9.96. The molecule has 0 aliphatic carbocycles. The van der Waals surface area contributed by atoms with Gasteiger partial charge in [0.1, 0.15) is 26.4 Å². The smallest absolute Gasteiger partial charge is 0.161 e. The highest BCUT2D eigenvalue weighted by molar-refractivity contribution is 5.75. The Morgan fingerprint density at radius 2 is 0.833 bits per heavy atom. The second-order valence-electron chi connectivity index (χ2n) is 8.42. The first-order valence-electron chi connectivity index (χ1n) is 11.9. The summed E-state index contributed by atoms with van der Waals surface area (Å²) in [5.41, 5.74) is 5.79. The maximum Gasteiger partial charge on any atom is 0.161 e. The Kier molecular flexibility index (Phi) is 6.06. The molecule has 0 bridgehead atoms. The standard InChI is InChI=1S/C30H24N2O4/c1(21-5-7-27-29(19-21)35-15-13-33-27)3-23-9-11-31-25(17-23)26-18-24(10-12-32-26)4-2-22-6-8-28-30(20-22)36-16-14-34-28/h1-12,17-20H,13-16H2/b3-1+,4-2+. The normalized spacial score (nSPS) is 14.3. The molecule has 36 heavy (non-hydrogen) atoms. The van der Waals surface area contributed by atoms with E-state index in [0.29, 0.717) is 26.4 Å². The van der Waals surface area contributed by atoms with Crippen LogP contribution in [0.3, 0.4) is 0 Å². The summed E-state index contributed by atoms with van der Waals surface area (Å²) in [5, 5.41) is 0. The predicted molar refractivity (Wildman–Crippen MR) is 140 cm³/mol. The van der Waals surface area contributed by atoms with Gasteiger partial charge in [-0.25, -0.2) is 0 Å². The third-order valence-electron chi connectivity index (χ3n) is 5.90. The van der Waals surface area contributed by atoms with Crippen LogP contribution in [0, 0.1) is 0 Å². The highest BCUT2D eigenvalue weighted by atomic mass is 16.6. The van der Waals surface area contributed by atoms with Gasteiger partial charge in [-0.1, -0.05) is 36.4 Å². The van der Waals surface area contributed by atoms with Crippen molar-refractivity contribution in [3.63, 3.8) is 0 Å². The molecule has 6 nitrogen and oxygen atoms in total. The lowest BCUT2D eigenvalue weighted by Gasteiger charge is -2.18. The van der Waals surface area contributed by atoms with Gasteiger partial charge in [-0.05, 0) is 70.8 Å². The molecule has 2 aromatic carbocycles. The van der Waals surface area contributed by atoms with E-state index in [4.69, 9.17) is 18.9 Å². The summed E-state index contributed by atoms with van der Waals surface area (Å²) < 4.78 is 22.6. The Morgan fingerprint density at radius 1 is 0.444 bits per heavy atom. The molecule has 0 atom stereocenters. The van der Waals surface area contributed by atoms with Gasteiger partial charge >= 0.3 is 0 Å². The van der Waals surface area contributed by atoms with Gasteiger partial charge in [-0.15, -0.1) is 0 Å². The highest BCUT2D eigenvalue weighted by Crippen LogP contribution is 2.32. The minimum absolute atomic E-state index is 0.575. The lowest BCUT2D eigenvalue weighted by atomic mass is 10.1. The Morgan fingerprint density at radius 3 is 1.28 bits per heavy atom. The first-order chi connectivity index (χ1) is 17.8. The quantitative estimate of drug-likeness (QED) is 0.351. The van der Waals surface area contributed by atoms with Crippen LogP contribution in [0.25, 0.3) is 35.7 Å². The molecular formula is C30H24N2O4. The van der Waals surface area contributed by atoms with Gasteiger partial charge in [0.15, 0.2) is 23.0 Å². The largest absolute Gasteiger partial charge is 0.486 e. The molecule has 0 amide bonds. The summed E-state index contributed by atoms with van der Waals surface area (Å²) in [5.74, 6) is 3.14. The number of hydrogen-bond donors (Lipinski definition) is 0. The van der Waals surface area contributed by atoms with Gasteiger partial charge in [0, 0.05) is 12.4 Å². The van der Waals surface area contributed by atoms with Gasteiger partial charge in [0.25, 0.3) is 0 Å². The third-order valence-corrected chi connectivity index (χ3v) is 5.90. The van der Waals surface area contributed by atoms with Crippen LogP contribution in [-0.2, 0) is 0 Å². The number of ether oxygens (including phenoxy) is 4. The van der Waals surface area contributed by atoms with Gasteiger partial charge in [0.2, 0.25) is 0 Å². The maximum absolute atomic E-state index is 5.68. The fourth-order valence-electron chi connectivity index (χ4n) is 4.09. The number of fused-ring (bicyclic) bond motifs is 2. The lowest BCUT2D eigenvalue weighted by Crippen LogP contribution is -2.15. The van der Waals surface area contributed by atoms with E-state index >= 15 is 0 Å². The zero-order valence-corrected chi connectivity index (χ0v) is 19.6. The number of pyridine rings is 2. The van der Waals surface area contributed by atoms with Crippen molar-refractivity contribution in [1.29, 1.82) is 0 Å². The summed E-state index contributed by atoms with van der Waals surface area (Å²) in [6, 6.07) is 19.9. The van der Waals surface area contributed by atoms with Crippen molar-refractivity contribution >= 4 is 24.3 Å². The highest BCUT2D eigenvalue weighted by Gasteiger charge is 2.12. The zero-order chi connectivity index (χ0) is 24.2. The van der Waals surface area contributed by atoms with E-state index in [9.17, 15) is 0 Å². The molecule has 0 fully saturated rings. The summed E-state index contributed by atoms with van der Waals surface area (Å²) in [4.78, 5) is 9.08. The summed E-state index contributed by atoms with van der Waals surface area (Å²) in [6.45, 7) is 2.33. The van der Waals surface area contributed by atoms with Crippen LogP contribution >= 0.6 is 0 Å². The summed E-state index contributed by atoms with van der Waals surface area (Å²) in [6.07, 6.45) is 11.8. The molecule has 6 rings (SSSR count). The van der Waals surface area contributed by atoms with Gasteiger partial charge in [-0.2, -0.15) is 0 Å². The minimum Gasteiger partial charge on any atom is -0.486 e. The molecule has 2 aliphatic heterocycles. The van der Waals surface area contributed by atoms with Crippen LogP contribution in [0.2, 0.25) is 0 Å². The molecule has 4 heterocycles. The Labute approximate surface area is 209 Å². The molecule has 4 aromatic rings. The van der Waals surface area contributed by atoms with Crippen LogP contribution < -0.4 is 18.9 Å². The van der Waals surface area contributed by atoms with Gasteiger partial charge in [0.05, 0.1) is 11.4 Å². The monoisotopic (exact) mass is 476 g/mol. The number of aromatic nitrogens is 2. The topological polar surface area (TPSA) is 62.7 Å². The molecule has 0 radical (unpaired) electrons. The number of hydrogen-bond acceptors (Lipinski definition) is 6. The Balaban J connectivity index is 1.19. The molecule has 0 unspecified atom stereocenters. The molecule has 178 valence electrons. The van der Waals surface area contributed by atoms with E-state index in [-0.39, 0.29) is 0 Å². The van der Waals surface area contributed by atoms with E-state index in [1.165, 1.54) is 0 Å². The van der Waals surface area contributed by atoms with Crippen molar-refractivity contribution in [3.05, 3.63) is 95.3 Å². The van der Waals surface area contributed by atoms with Crippen molar-refractivity contribution < 1.29 is 18.9 Å². The van der Waals surface area contributed by atoms with E-state index in [0.717, 1.165) is 56.6 Å². The van der Waals surface area contributed by atoms with Crippen LogP contribution in [0.5, 0.6) is 23.0 Å². The zero-order valence-electron chi connectivity index (χ0n) is 19.6. The SMILES string of the molecule is C(=C\c1ccc2c(c1)OCCO2)/c1ccnc(-c2cc(/C=C/c3ccc4c(c3)OCCO4)ccn2)c1. The molecule has 0 N–H and O–H groups in total. The van der Waals surface area contributed by atoms with Crippen molar-refractivity contribution in [2.45, 2.75) is 0 Å². The van der Waals surface area contributed by atoms with E-state index < -0.39 is 0 Å². The average Bonchev–Trinajstić information content (AvgIpc) is 2.95. The van der Waals surface area contributed by atoms with Gasteiger partial charge < -0.3 is 18.9 Å². The molecular weight excluding hydrogens is 452 g/mol. The lowest BCUT2D eigenvalue weighted by molar-refractivity contribution is 0.171. The molecule has 0 spiro atoms. The first-order valence-corrected chi connectivity index (χ1v) is 11.9. The maximum atomic E-state index is 5.68. The molecule has 6 heteroatoms. The van der Waals surface area contributed by atoms with Crippen molar-refractivity contribution in [2.24, 2.45) is 0 Å². The minimum atomic E-state index is 0.575. The van der Waals surface area contributed by atoms with E-state index in [1.807, 2.05) is 60.7 Å². The first kappa shape index (κ1) is 21.9. The van der Waals surface area contributed by atoms with Crippen molar-refractivity contribution in [1.82, 2.24) is 9.97 Å². The number of nitrogens with zero attached hydrogens (tertiary/aromatic N) is 2. The van der Waals surface area contributed by atoms with E-state index in [2.05, 4.69) is 34.3 Å². The van der Waals surface area contributed by atoms with Crippen LogP contribution in [0.4, 0.5) is 0 Å². The molecule has 0 saturated carbocycles. The summed E-state index contributed by atoms with van der Waals surface area (Å²) in [7, 11) is 0. The summed E-state index contributed by atoms with van der Waals surface area (Å²) >= 11 is 0. The molecule has 0 saturated heterocycles. The average molecular weight is 477 g/mol. The van der Waals surface area contributed by atoms with Crippen molar-refractivity contribution in [3.8, 4) is 34.4 Å². The van der Waals surface area contributed by atoms with Crippen LogP contribution in [-0.4, -0.2) is 36.4 Å². The van der Waals surface area contributed by atoms with Gasteiger partial charge in [-0.3, -0.25) is 9.97 Å².